The van der Waals surface area contributed by atoms with Gasteiger partial charge in [-0.05, 0) is 24.0 Å². The van der Waals surface area contributed by atoms with Crippen molar-refractivity contribution >= 4 is 0 Å². The predicted molar refractivity (Wildman–Crippen MR) is 64.7 cm³/mol. The van der Waals surface area contributed by atoms with Crippen molar-refractivity contribution in [3.63, 3.8) is 0 Å². The number of methoxy groups -OCH3 is 1. The molecule has 0 saturated heterocycles. The SMILES string of the molecule is COc1ccccc1CC(O)CC1CCC1. The molecule has 0 aromatic heterocycles. The van der Waals surface area contributed by atoms with Gasteiger partial charge >= 0.3 is 0 Å². The van der Waals surface area contributed by atoms with Crippen LogP contribution < -0.4 is 4.74 Å². The molecule has 0 heterocycles. The first-order chi connectivity index (χ1) is 7.79. The van der Waals surface area contributed by atoms with Crippen molar-refractivity contribution in [2.45, 2.75) is 38.2 Å². The molecule has 1 saturated carbocycles. The topological polar surface area (TPSA) is 29.5 Å². The molecule has 1 unspecified atom stereocenters. The molecule has 1 aromatic rings. The molecule has 2 nitrogen and oxygen atoms in total. The van der Waals surface area contributed by atoms with Gasteiger partial charge in [0.2, 0.25) is 0 Å². The number of aliphatic hydroxyl groups is 1. The van der Waals surface area contributed by atoms with E-state index in [-0.39, 0.29) is 6.10 Å². The first-order valence-corrected chi connectivity index (χ1v) is 6.09. The summed E-state index contributed by atoms with van der Waals surface area (Å²) < 4.78 is 5.28. The van der Waals surface area contributed by atoms with E-state index in [4.69, 9.17) is 4.74 Å². The molecule has 1 aliphatic rings. The first kappa shape index (κ1) is 11.5. The summed E-state index contributed by atoms with van der Waals surface area (Å²) in [5.41, 5.74) is 1.11. The Bertz CT molecular complexity index is 331. The summed E-state index contributed by atoms with van der Waals surface area (Å²) in [6.45, 7) is 0. The maximum absolute atomic E-state index is 10.0. The Labute approximate surface area is 97.3 Å². The Hall–Kier alpha value is -1.02. The van der Waals surface area contributed by atoms with E-state index in [1.165, 1.54) is 19.3 Å². The Kier molecular flexibility index (Phi) is 3.83. The highest BCUT2D eigenvalue weighted by Gasteiger charge is 2.21. The Morgan fingerprint density at radius 2 is 2.12 bits per heavy atom. The highest BCUT2D eigenvalue weighted by Crippen LogP contribution is 2.31. The molecular formula is C14H20O2. The van der Waals surface area contributed by atoms with Crippen molar-refractivity contribution in [2.24, 2.45) is 5.92 Å². The van der Waals surface area contributed by atoms with Crippen LogP contribution in [0.4, 0.5) is 0 Å². The molecule has 16 heavy (non-hydrogen) atoms. The number of para-hydroxylation sites is 1. The molecule has 0 aliphatic heterocycles. The van der Waals surface area contributed by atoms with Gasteiger partial charge in [0.1, 0.15) is 5.75 Å². The van der Waals surface area contributed by atoms with Crippen molar-refractivity contribution < 1.29 is 9.84 Å². The van der Waals surface area contributed by atoms with Crippen LogP contribution in [0.1, 0.15) is 31.2 Å². The lowest BCUT2D eigenvalue weighted by molar-refractivity contribution is 0.117. The van der Waals surface area contributed by atoms with Crippen LogP contribution in [0.5, 0.6) is 5.75 Å². The summed E-state index contributed by atoms with van der Waals surface area (Å²) in [5, 5.41) is 10.0. The van der Waals surface area contributed by atoms with Gasteiger partial charge in [0, 0.05) is 6.42 Å². The minimum Gasteiger partial charge on any atom is -0.496 e. The lowest BCUT2D eigenvalue weighted by atomic mass is 9.80. The van der Waals surface area contributed by atoms with Crippen LogP contribution in [0.25, 0.3) is 0 Å². The molecule has 1 aliphatic carbocycles. The van der Waals surface area contributed by atoms with Gasteiger partial charge in [0.25, 0.3) is 0 Å². The summed E-state index contributed by atoms with van der Waals surface area (Å²) in [5.74, 6) is 1.64. The standard InChI is InChI=1S/C14H20O2/c1-16-14-8-3-2-7-12(14)10-13(15)9-11-5-4-6-11/h2-3,7-8,11,13,15H,4-6,9-10H2,1H3. The largest absolute Gasteiger partial charge is 0.496 e. The molecule has 2 rings (SSSR count). The maximum atomic E-state index is 10.0. The van der Waals surface area contributed by atoms with Gasteiger partial charge in [-0.25, -0.2) is 0 Å². The fourth-order valence-corrected chi connectivity index (χ4v) is 2.32. The van der Waals surface area contributed by atoms with E-state index in [1.807, 2.05) is 24.3 Å². The van der Waals surface area contributed by atoms with Gasteiger partial charge in [-0.2, -0.15) is 0 Å². The van der Waals surface area contributed by atoms with Gasteiger partial charge < -0.3 is 9.84 Å². The zero-order valence-electron chi connectivity index (χ0n) is 9.86. The average molecular weight is 220 g/mol. The molecule has 2 heteroatoms. The Balaban J connectivity index is 1.91. The fourth-order valence-electron chi connectivity index (χ4n) is 2.32. The minimum absolute atomic E-state index is 0.221. The molecule has 0 spiro atoms. The zero-order chi connectivity index (χ0) is 11.4. The second-order valence-electron chi connectivity index (χ2n) is 4.70. The minimum atomic E-state index is -0.221. The van der Waals surface area contributed by atoms with Crippen molar-refractivity contribution in [1.29, 1.82) is 0 Å². The number of rotatable bonds is 5. The van der Waals surface area contributed by atoms with E-state index in [2.05, 4.69) is 0 Å². The molecule has 1 aromatic carbocycles. The summed E-state index contributed by atoms with van der Waals surface area (Å²) in [7, 11) is 1.68. The van der Waals surface area contributed by atoms with Crippen LogP contribution in [0.3, 0.4) is 0 Å². The summed E-state index contributed by atoms with van der Waals surface area (Å²) in [6.07, 6.45) is 5.36. The van der Waals surface area contributed by atoms with Gasteiger partial charge in [-0.3, -0.25) is 0 Å². The van der Waals surface area contributed by atoms with E-state index in [1.54, 1.807) is 7.11 Å². The second-order valence-corrected chi connectivity index (χ2v) is 4.70. The lowest BCUT2D eigenvalue weighted by Crippen LogP contribution is -2.21. The predicted octanol–water partition coefficient (Wildman–Crippen LogP) is 2.79. The van der Waals surface area contributed by atoms with Gasteiger partial charge in [0.15, 0.2) is 0 Å². The second kappa shape index (κ2) is 5.35. The maximum Gasteiger partial charge on any atom is 0.122 e. The lowest BCUT2D eigenvalue weighted by Gasteiger charge is -2.27. The monoisotopic (exact) mass is 220 g/mol. The molecule has 0 amide bonds. The van der Waals surface area contributed by atoms with Crippen LogP contribution >= 0.6 is 0 Å². The quantitative estimate of drug-likeness (QED) is 0.826. The molecule has 0 radical (unpaired) electrons. The van der Waals surface area contributed by atoms with Crippen molar-refractivity contribution in [2.75, 3.05) is 7.11 Å². The third-order valence-corrected chi connectivity index (χ3v) is 3.48. The fraction of sp³-hybridized carbons (Fsp3) is 0.571. The van der Waals surface area contributed by atoms with Crippen LogP contribution in [-0.2, 0) is 6.42 Å². The Morgan fingerprint density at radius 3 is 2.75 bits per heavy atom. The van der Waals surface area contributed by atoms with Crippen LogP contribution in [0, 0.1) is 5.92 Å². The number of hydrogen-bond acceptors (Lipinski definition) is 2. The van der Waals surface area contributed by atoms with Gasteiger partial charge in [0.05, 0.1) is 13.2 Å². The number of hydrogen-bond donors (Lipinski definition) is 1. The van der Waals surface area contributed by atoms with Crippen LogP contribution in [-0.4, -0.2) is 18.3 Å². The third-order valence-electron chi connectivity index (χ3n) is 3.48. The highest BCUT2D eigenvalue weighted by atomic mass is 16.5. The van der Waals surface area contributed by atoms with Crippen molar-refractivity contribution in [3.8, 4) is 5.75 Å². The van der Waals surface area contributed by atoms with E-state index in [9.17, 15) is 5.11 Å². The molecule has 0 bridgehead atoms. The van der Waals surface area contributed by atoms with Gasteiger partial charge in [-0.1, -0.05) is 37.5 Å². The average Bonchev–Trinajstić information content (AvgIpc) is 2.24. The summed E-state index contributed by atoms with van der Waals surface area (Å²) >= 11 is 0. The van der Waals surface area contributed by atoms with Crippen LogP contribution in [0.2, 0.25) is 0 Å². The molecule has 1 fully saturated rings. The van der Waals surface area contributed by atoms with Crippen LogP contribution in [0.15, 0.2) is 24.3 Å². The smallest absolute Gasteiger partial charge is 0.122 e. The highest BCUT2D eigenvalue weighted by molar-refractivity contribution is 5.33. The van der Waals surface area contributed by atoms with Gasteiger partial charge in [-0.15, -0.1) is 0 Å². The normalized spacial score (nSPS) is 17.9. The van der Waals surface area contributed by atoms with E-state index >= 15 is 0 Å². The molecule has 1 N–H and O–H groups in total. The number of benzene rings is 1. The summed E-state index contributed by atoms with van der Waals surface area (Å²) in [6, 6.07) is 7.93. The zero-order valence-corrected chi connectivity index (χ0v) is 9.86. The first-order valence-electron chi connectivity index (χ1n) is 6.09. The van der Waals surface area contributed by atoms with E-state index < -0.39 is 0 Å². The third kappa shape index (κ3) is 2.76. The number of ether oxygens (including phenoxy) is 1. The van der Waals surface area contributed by atoms with E-state index in [0.29, 0.717) is 6.42 Å². The molecule has 1 atom stereocenters. The number of aliphatic hydroxyl groups excluding tert-OH is 1. The van der Waals surface area contributed by atoms with E-state index in [0.717, 1.165) is 23.7 Å². The molecule has 88 valence electrons. The molecular weight excluding hydrogens is 200 g/mol. The van der Waals surface area contributed by atoms with Crippen molar-refractivity contribution in [3.05, 3.63) is 29.8 Å². The summed E-state index contributed by atoms with van der Waals surface area (Å²) in [4.78, 5) is 0. The van der Waals surface area contributed by atoms with Crippen molar-refractivity contribution in [1.82, 2.24) is 0 Å². The Morgan fingerprint density at radius 1 is 1.38 bits per heavy atom.